The first-order valence-corrected chi connectivity index (χ1v) is 7.06. The average molecular weight is 313 g/mol. The highest BCUT2D eigenvalue weighted by atomic mass is 35.5. The van der Waals surface area contributed by atoms with Gasteiger partial charge in [-0.2, -0.15) is 0 Å². The molecule has 0 bridgehead atoms. The van der Waals surface area contributed by atoms with Gasteiger partial charge in [-0.15, -0.1) is 0 Å². The van der Waals surface area contributed by atoms with E-state index in [1.807, 2.05) is 30.3 Å². The molecule has 0 heterocycles. The van der Waals surface area contributed by atoms with Crippen LogP contribution >= 0.6 is 35.0 Å². The van der Waals surface area contributed by atoms with Crippen LogP contribution in [0.2, 0.25) is 10.0 Å². The van der Waals surface area contributed by atoms with Crippen LogP contribution < -0.4 is 0 Å². The molecule has 5 heteroatoms. The Kier molecular flexibility index (Phi) is 4.75. The van der Waals surface area contributed by atoms with Crippen LogP contribution in [0.15, 0.2) is 52.3 Å². The minimum Gasteiger partial charge on any atom is -0.481 e. The fourth-order valence-corrected chi connectivity index (χ4v) is 3.23. The van der Waals surface area contributed by atoms with Gasteiger partial charge in [-0.3, -0.25) is 4.79 Å². The van der Waals surface area contributed by atoms with Gasteiger partial charge in [-0.25, -0.2) is 0 Å². The summed E-state index contributed by atoms with van der Waals surface area (Å²) >= 11 is 13.5. The molecule has 0 aliphatic carbocycles. The van der Waals surface area contributed by atoms with Gasteiger partial charge in [0, 0.05) is 14.8 Å². The monoisotopic (exact) mass is 312 g/mol. The maximum Gasteiger partial charge on any atom is 0.307 e. The zero-order chi connectivity index (χ0) is 13.8. The van der Waals surface area contributed by atoms with Crippen molar-refractivity contribution in [3.05, 3.63) is 58.1 Å². The molecule has 2 nitrogen and oxygen atoms in total. The van der Waals surface area contributed by atoms with Gasteiger partial charge >= 0.3 is 5.97 Å². The van der Waals surface area contributed by atoms with Crippen LogP contribution in [-0.4, -0.2) is 11.1 Å². The molecular formula is C14H10Cl2O2S. The molecule has 1 N–H and O–H groups in total. The quantitative estimate of drug-likeness (QED) is 0.883. The van der Waals surface area contributed by atoms with Gasteiger partial charge in [0.25, 0.3) is 0 Å². The van der Waals surface area contributed by atoms with E-state index in [2.05, 4.69) is 0 Å². The molecule has 0 radical (unpaired) electrons. The van der Waals surface area contributed by atoms with E-state index in [4.69, 9.17) is 28.3 Å². The lowest BCUT2D eigenvalue weighted by molar-refractivity contribution is -0.136. The van der Waals surface area contributed by atoms with E-state index in [0.29, 0.717) is 15.6 Å². The van der Waals surface area contributed by atoms with Crippen molar-refractivity contribution < 1.29 is 9.90 Å². The molecular weight excluding hydrogens is 303 g/mol. The van der Waals surface area contributed by atoms with E-state index < -0.39 is 5.97 Å². The number of carbonyl (C=O) groups is 1. The molecule has 0 atom stereocenters. The first-order chi connectivity index (χ1) is 9.06. The molecule has 2 aromatic rings. The summed E-state index contributed by atoms with van der Waals surface area (Å²) in [6.45, 7) is 0. The van der Waals surface area contributed by atoms with Gasteiger partial charge < -0.3 is 5.11 Å². The zero-order valence-electron chi connectivity index (χ0n) is 9.77. The standard InChI is InChI=1S/C14H10Cl2O2S/c15-10-6-9(7-13(17)18)14(12(16)8-10)19-11-4-2-1-3-5-11/h1-6,8H,7H2,(H,17,18). The second-order valence-electron chi connectivity index (χ2n) is 3.86. The SMILES string of the molecule is O=C(O)Cc1cc(Cl)cc(Cl)c1Sc1ccccc1. The molecule has 98 valence electrons. The molecule has 0 aliphatic rings. The summed E-state index contributed by atoms with van der Waals surface area (Å²) in [5, 5.41) is 9.86. The van der Waals surface area contributed by atoms with E-state index in [1.165, 1.54) is 11.8 Å². The van der Waals surface area contributed by atoms with Crippen molar-refractivity contribution >= 4 is 40.9 Å². The highest BCUT2D eigenvalue weighted by Gasteiger charge is 2.13. The highest BCUT2D eigenvalue weighted by Crippen LogP contribution is 2.38. The van der Waals surface area contributed by atoms with Crippen LogP contribution in [0, 0.1) is 0 Å². The molecule has 0 saturated carbocycles. The Bertz CT molecular complexity index is 600. The molecule has 0 spiro atoms. The summed E-state index contributed by atoms with van der Waals surface area (Å²) < 4.78 is 0. The van der Waals surface area contributed by atoms with Crippen molar-refractivity contribution in [3.8, 4) is 0 Å². The first-order valence-electron chi connectivity index (χ1n) is 5.49. The molecule has 2 aromatic carbocycles. The first kappa shape index (κ1) is 14.3. The number of carboxylic acid groups (broad SMARTS) is 1. The van der Waals surface area contributed by atoms with Crippen LogP contribution in [0.4, 0.5) is 0 Å². The fourth-order valence-electron chi connectivity index (χ4n) is 1.63. The second-order valence-corrected chi connectivity index (χ2v) is 5.79. The summed E-state index contributed by atoms with van der Waals surface area (Å²) in [4.78, 5) is 12.6. The lowest BCUT2D eigenvalue weighted by Crippen LogP contribution is -2.02. The van der Waals surface area contributed by atoms with E-state index in [9.17, 15) is 4.79 Å². The predicted octanol–water partition coefficient (Wildman–Crippen LogP) is 4.77. The van der Waals surface area contributed by atoms with E-state index in [1.54, 1.807) is 12.1 Å². The van der Waals surface area contributed by atoms with Crippen molar-refractivity contribution in [2.24, 2.45) is 0 Å². The predicted molar refractivity (Wildman–Crippen MR) is 78.4 cm³/mol. The van der Waals surface area contributed by atoms with E-state index in [0.717, 1.165) is 9.79 Å². The van der Waals surface area contributed by atoms with Gasteiger partial charge in [0.1, 0.15) is 0 Å². The molecule has 19 heavy (non-hydrogen) atoms. The number of benzene rings is 2. The van der Waals surface area contributed by atoms with Crippen molar-refractivity contribution in [2.75, 3.05) is 0 Å². The topological polar surface area (TPSA) is 37.3 Å². The maximum atomic E-state index is 10.9. The third-order valence-electron chi connectivity index (χ3n) is 2.39. The van der Waals surface area contributed by atoms with Gasteiger partial charge in [-0.1, -0.05) is 53.2 Å². The van der Waals surface area contributed by atoms with Crippen LogP contribution in [0.1, 0.15) is 5.56 Å². The molecule has 0 aromatic heterocycles. The summed E-state index contributed by atoms with van der Waals surface area (Å²) in [6, 6.07) is 12.9. The Morgan fingerprint density at radius 2 is 1.84 bits per heavy atom. The third-order valence-corrected chi connectivity index (χ3v) is 4.21. The van der Waals surface area contributed by atoms with Crippen molar-refractivity contribution in [3.63, 3.8) is 0 Å². The molecule has 0 fully saturated rings. The number of hydrogen-bond acceptors (Lipinski definition) is 2. The molecule has 0 saturated heterocycles. The number of carboxylic acids is 1. The van der Waals surface area contributed by atoms with Crippen molar-refractivity contribution in [1.29, 1.82) is 0 Å². The summed E-state index contributed by atoms with van der Waals surface area (Å²) in [6.07, 6.45) is -0.102. The van der Waals surface area contributed by atoms with Crippen LogP contribution in [0.5, 0.6) is 0 Å². The zero-order valence-corrected chi connectivity index (χ0v) is 12.1. The van der Waals surface area contributed by atoms with Gasteiger partial charge in [0.15, 0.2) is 0 Å². The number of hydrogen-bond donors (Lipinski definition) is 1. The molecule has 0 amide bonds. The molecule has 0 unspecified atom stereocenters. The number of aliphatic carboxylic acids is 1. The number of halogens is 2. The minimum absolute atomic E-state index is 0.102. The summed E-state index contributed by atoms with van der Waals surface area (Å²) in [5.41, 5.74) is 0.624. The number of rotatable bonds is 4. The molecule has 2 rings (SSSR count). The average Bonchev–Trinajstić information content (AvgIpc) is 2.34. The van der Waals surface area contributed by atoms with Crippen LogP contribution in [-0.2, 0) is 11.2 Å². The fraction of sp³-hybridized carbons (Fsp3) is 0.0714. The molecule has 0 aliphatic heterocycles. The van der Waals surface area contributed by atoms with Gasteiger partial charge in [0.2, 0.25) is 0 Å². The van der Waals surface area contributed by atoms with Crippen LogP contribution in [0.25, 0.3) is 0 Å². The normalized spacial score (nSPS) is 10.4. The Balaban J connectivity index is 2.40. The van der Waals surface area contributed by atoms with Gasteiger partial charge in [0.05, 0.1) is 11.4 Å². The minimum atomic E-state index is -0.909. The van der Waals surface area contributed by atoms with Crippen molar-refractivity contribution in [2.45, 2.75) is 16.2 Å². The Hall–Kier alpha value is -1.16. The largest absolute Gasteiger partial charge is 0.481 e. The van der Waals surface area contributed by atoms with E-state index >= 15 is 0 Å². The maximum absolute atomic E-state index is 10.9. The summed E-state index contributed by atoms with van der Waals surface area (Å²) in [7, 11) is 0. The Morgan fingerprint density at radius 3 is 2.47 bits per heavy atom. The lowest BCUT2D eigenvalue weighted by Gasteiger charge is -2.10. The lowest BCUT2D eigenvalue weighted by atomic mass is 10.1. The third kappa shape index (κ3) is 3.90. The smallest absolute Gasteiger partial charge is 0.307 e. The van der Waals surface area contributed by atoms with Gasteiger partial charge in [-0.05, 0) is 29.8 Å². The highest BCUT2D eigenvalue weighted by molar-refractivity contribution is 7.99. The Labute approximate surface area is 125 Å². The summed E-state index contributed by atoms with van der Waals surface area (Å²) in [5.74, 6) is -0.909. The Morgan fingerprint density at radius 1 is 1.16 bits per heavy atom. The van der Waals surface area contributed by atoms with Crippen LogP contribution in [0.3, 0.4) is 0 Å². The second kappa shape index (κ2) is 6.33. The van der Waals surface area contributed by atoms with Crippen molar-refractivity contribution in [1.82, 2.24) is 0 Å². The van der Waals surface area contributed by atoms with E-state index in [-0.39, 0.29) is 6.42 Å².